The summed E-state index contributed by atoms with van der Waals surface area (Å²) in [5, 5.41) is 3.38. The maximum atomic E-state index is 12.9. The molecule has 0 saturated heterocycles. The van der Waals surface area contributed by atoms with E-state index < -0.39 is 5.95 Å². The molecule has 0 aliphatic rings. The first-order chi connectivity index (χ1) is 9.15. The van der Waals surface area contributed by atoms with Crippen LogP contribution in [-0.4, -0.2) is 17.4 Å². The summed E-state index contributed by atoms with van der Waals surface area (Å²) in [4.78, 5) is 15.1. The maximum absolute atomic E-state index is 12.9. The minimum atomic E-state index is -0.664. The highest BCUT2D eigenvalue weighted by atomic mass is 35.5. The molecule has 2 aromatic rings. The second-order valence-electron chi connectivity index (χ2n) is 4.00. The van der Waals surface area contributed by atoms with Crippen LogP contribution in [-0.2, 0) is 6.42 Å². The second-order valence-corrected chi connectivity index (χ2v) is 4.44. The lowest BCUT2D eigenvalue weighted by atomic mass is 10.1. The van der Waals surface area contributed by atoms with Crippen molar-refractivity contribution in [3.63, 3.8) is 0 Å². The van der Waals surface area contributed by atoms with Crippen molar-refractivity contribution in [3.8, 4) is 0 Å². The first-order valence-corrected chi connectivity index (χ1v) is 6.17. The van der Waals surface area contributed by atoms with Gasteiger partial charge in [-0.15, -0.1) is 0 Å². The molecule has 5 heteroatoms. The number of benzene rings is 1. The summed E-state index contributed by atoms with van der Waals surface area (Å²) >= 11 is 5.86. The number of pyridine rings is 1. The minimum absolute atomic E-state index is 0.263. The van der Waals surface area contributed by atoms with Gasteiger partial charge in [0.15, 0.2) is 0 Å². The van der Waals surface area contributed by atoms with Gasteiger partial charge in [-0.1, -0.05) is 23.7 Å². The summed E-state index contributed by atoms with van der Waals surface area (Å²) in [5.74, 6) is -0.981. The normalized spacial score (nSPS) is 10.2. The molecule has 0 unspecified atom stereocenters. The van der Waals surface area contributed by atoms with Gasteiger partial charge in [0.05, 0.1) is 0 Å². The molecule has 19 heavy (non-hydrogen) atoms. The molecule has 1 aromatic carbocycles. The van der Waals surface area contributed by atoms with E-state index in [0.29, 0.717) is 18.0 Å². The van der Waals surface area contributed by atoms with Gasteiger partial charge in [-0.05, 0) is 30.2 Å². The molecule has 1 N–H and O–H groups in total. The fourth-order valence-corrected chi connectivity index (χ4v) is 1.87. The van der Waals surface area contributed by atoms with Crippen LogP contribution in [0.3, 0.4) is 0 Å². The van der Waals surface area contributed by atoms with Gasteiger partial charge >= 0.3 is 0 Å². The smallest absolute Gasteiger partial charge is 0.251 e. The van der Waals surface area contributed by atoms with Crippen LogP contribution in [0.4, 0.5) is 4.39 Å². The third-order valence-corrected chi connectivity index (χ3v) is 2.81. The summed E-state index contributed by atoms with van der Waals surface area (Å²) in [6.07, 6.45) is 1.93. The van der Waals surface area contributed by atoms with Gasteiger partial charge in [0.1, 0.15) is 0 Å². The molecule has 1 heterocycles. The molecule has 2 rings (SSSR count). The fraction of sp³-hybridized carbons (Fsp3) is 0.143. The maximum Gasteiger partial charge on any atom is 0.251 e. The Hall–Kier alpha value is -1.94. The van der Waals surface area contributed by atoms with Crippen LogP contribution in [0.5, 0.6) is 0 Å². The molecule has 0 radical (unpaired) electrons. The molecular formula is C14H12ClFN2O. The Balaban J connectivity index is 1.87. The third-order valence-electron chi connectivity index (χ3n) is 2.58. The Kier molecular flexibility index (Phi) is 4.47. The molecule has 0 bridgehead atoms. The number of nitrogens with zero attached hydrogens (tertiary/aromatic N) is 1. The van der Waals surface area contributed by atoms with E-state index in [1.807, 2.05) is 18.2 Å². The Morgan fingerprint density at radius 3 is 2.89 bits per heavy atom. The molecular weight excluding hydrogens is 267 g/mol. The summed E-state index contributed by atoms with van der Waals surface area (Å²) in [5.41, 5.74) is 1.30. The summed E-state index contributed by atoms with van der Waals surface area (Å²) in [6, 6.07) is 10.0. The van der Waals surface area contributed by atoms with Gasteiger partial charge in [-0.25, -0.2) is 4.98 Å². The highest BCUT2D eigenvalue weighted by Gasteiger charge is 2.06. The number of amides is 1. The highest BCUT2D eigenvalue weighted by molar-refractivity contribution is 6.30. The van der Waals surface area contributed by atoms with Crippen molar-refractivity contribution >= 4 is 17.5 Å². The standard InChI is InChI=1S/C14H12ClFN2O/c15-12-3-1-2-10(8-12)4-6-18-14(19)11-5-7-17-13(16)9-11/h1-3,5,7-9H,4,6H2,(H,18,19). The van der Waals surface area contributed by atoms with Crippen LogP contribution in [0.25, 0.3) is 0 Å². The van der Waals surface area contributed by atoms with E-state index in [2.05, 4.69) is 10.3 Å². The highest BCUT2D eigenvalue weighted by Crippen LogP contribution is 2.10. The largest absolute Gasteiger partial charge is 0.352 e. The van der Waals surface area contributed by atoms with E-state index >= 15 is 0 Å². The van der Waals surface area contributed by atoms with Crippen LogP contribution in [0, 0.1) is 5.95 Å². The Bertz CT molecular complexity index is 589. The van der Waals surface area contributed by atoms with E-state index in [1.54, 1.807) is 6.07 Å². The van der Waals surface area contributed by atoms with Gasteiger partial charge in [-0.3, -0.25) is 4.79 Å². The topological polar surface area (TPSA) is 42.0 Å². The molecule has 0 aliphatic carbocycles. The fourth-order valence-electron chi connectivity index (χ4n) is 1.66. The van der Waals surface area contributed by atoms with Crippen molar-refractivity contribution < 1.29 is 9.18 Å². The average Bonchev–Trinajstić information content (AvgIpc) is 2.38. The predicted octanol–water partition coefficient (Wildman–Crippen LogP) is 2.85. The predicted molar refractivity (Wildman–Crippen MR) is 71.7 cm³/mol. The van der Waals surface area contributed by atoms with E-state index in [-0.39, 0.29) is 11.5 Å². The molecule has 3 nitrogen and oxygen atoms in total. The second kappa shape index (κ2) is 6.29. The van der Waals surface area contributed by atoms with Crippen molar-refractivity contribution in [3.05, 3.63) is 64.7 Å². The molecule has 98 valence electrons. The van der Waals surface area contributed by atoms with Gasteiger partial charge in [0, 0.05) is 29.4 Å². The van der Waals surface area contributed by atoms with Gasteiger partial charge in [0.25, 0.3) is 5.91 Å². The number of hydrogen-bond acceptors (Lipinski definition) is 2. The van der Waals surface area contributed by atoms with E-state index in [0.717, 1.165) is 11.6 Å². The lowest BCUT2D eigenvalue weighted by Gasteiger charge is -2.05. The average molecular weight is 279 g/mol. The Morgan fingerprint density at radius 1 is 1.32 bits per heavy atom. The number of nitrogens with one attached hydrogen (secondary N) is 1. The van der Waals surface area contributed by atoms with E-state index in [9.17, 15) is 9.18 Å². The van der Waals surface area contributed by atoms with E-state index in [4.69, 9.17) is 11.6 Å². The lowest BCUT2D eigenvalue weighted by molar-refractivity contribution is 0.0953. The zero-order chi connectivity index (χ0) is 13.7. The molecule has 1 aromatic heterocycles. The van der Waals surface area contributed by atoms with Gasteiger partial charge < -0.3 is 5.32 Å². The van der Waals surface area contributed by atoms with Crippen LogP contribution < -0.4 is 5.32 Å². The minimum Gasteiger partial charge on any atom is -0.352 e. The van der Waals surface area contributed by atoms with Gasteiger partial charge in [0.2, 0.25) is 5.95 Å². The van der Waals surface area contributed by atoms with Crippen molar-refractivity contribution in [1.82, 2.24) is 10.3 Å². The first kappa shape index (κ1) is 13.5. The molecule has 0 fully saturated rings. The van der Waals surface area contributed by atoms with Crippen LogP contribution in [0.1, 0.15) is 15.9 Å². The summed E-state index contributed by atoms with van der Waals surface area (Å²) in [6.45, 7) is 0.461. The summed E-state index contributed by atoms with van der Waals surface area (Å²) < 4.78 is 12.9. The zero-order valence-corrected chi connectivity index (χ0v) is 10.8. The number of hydrogen-bond donors (Lipinski definition) is 1. The van der Waals surface area contributed by atoms with Crippen LogP contribution in [0.2, 0.25) is 5.02 Å². The number of carbonyl (C=O) groups is 1. The lowest BCUT2D eigenvalue weighted by Crippen LogP contribution is -2.25. The molecule has 0 atom stereocenters. The third kappa shape index (κ3) is 4.03. The van der Waals surface area contributed by atoms with Crippen LogP contribution >= 0.6 is 11.6 Å². The summed E-state index contributed by atoms with van der Waals surface area (Å²) in [7, 11) is 0. The quantitative estimate of drug-likeness (QED) is 0.874. The molecule has 0 aliphatic heterocycles. The van der Waals surface area contributed by atoms with Crippen molar-refractivity contribution in [2.45, 2.75) is 6.42 Å². The van der Waals surface area contributed by atoms with Crippen molar-refractivity contribution in [2.24, 2.45) is 0 Å². The Labute approximate surface area is 115 Å². The molecule has 1 amide bonds. The number of halogens is 2. The van der Waals surface area contributed by atoms with Crippen LogP contribution in [0.15, 0.2) is 42.6 Å². The van der Waals surface area contributed by atoms with E-state index in [1.165, 1.54) is 12.3 Å². The Morgan fingerprint density at radius 2 is 2.16 bits per heavy atom. The first-order valence-electron chi connectivity index (χ1n) is 5.79. The SMILES string of the molecule is O=C(NCCc1cccc(Cl)c1)c1ccnc(F)c1. The number of carbonyl (C=O) groups excluding carboxylic acids is 1. The molecule has 0 spiro atoms. The monoisotopic (exact) mass is 278 g/mol. The van der Waals surface area contributed by atoms with Gasteiger partial charge in [-0.2, -0.15) is 4.39 Å². The van der Waals surface area contributed by atoms with Crippen molar-refractivity contribution in [2.75, 3.05) is 6.54 Å². The zero-order valence-electron chi connectivity index (χ0n) is 10.1. The van der Waals surface area contributed by atoms with Crippen molar-refractivity contribution in [1.29, 1.82) is 0 Å². The molecule has 0 saturated carbocycles. The number of aromatic nitrogens is 1. The number of rotatable bonds is 4.